The molecule has 152 valence electrons. The highest BCUT2D eigenvalue weighted by Crippen LogP contribution is 2.31. The van der Waals surface area contributed by atoms with Gasteiger partial charge in [0.05, 0.1) is 12.7 Å². The van der Waals surface area contributed by atoms with Crippen molar-refractivity contribution < 1.29 is 19.1 Å². The van der Waals surface area contributed by atoms with Gasteiger partial charge in [-0.1, -0.05) is 31.4 Å². The van der Waals surface area contributed by atoms with Crippen LogP contribution in [0.3, 0.4) is 0 Å². The molecule has 0 aromatic heterocycles. The molecule has 1 aliphatic carbocycles. The van der Waals surface area contributed by atoms with Crippen molar-refractivity contribution in [3.05, 3.63) is 53.6 Å². The van der Waals surface area contributed by atoms with Gasteiger partial charge in [-0.15, -0.1) is 0 Å². The Kier molecular flexibility index (Phi) is 5.69. The third kappa shape index (κ3) is 4.21. The van der Waals surface area contributed by atoms with E-state index < -0.39 is 0 Å². The maximum Gasteiger partial charge on any atom is 0.261 e. The van der Waals surface area contributed by atoms with Crippen LogP contribution in [0, 0.1) is 0 Å². The number of anilines is 1. The number of rotatable bonds is 4. The Morgan fingerprint density at radius 1 is 1.14 bits per heavy atom. The van der Waals surface area contributed by atoms with Gasteiger partial charge in [-0.05, 0) is 43.2 Å². The van der Waals surface area contributed by atoms with Crippen LogP contribution in [-0.2, 0) is 11.3 Å². The summed E-state index contributed by atoms with van der Waals surface area (Å²) in [6, 6.07) is 12.9. The Bertz CT molecular complexity index is 906. The molecule has 1 heterocycles. The fourth-order valence-electron chi connectivity index (χ4n) is 4.17. The molecular weight excluding hydrogens is 368 g/mol. The number of hydrogen-bond donors (Lipinski definition) is 1. The Morgan fingerprint density at radius 2 is 1.93 bits per heavy atom. The summed E-state index contributed by atoms with van der Waals surface area (Å²) >= 11 is 0. The third-order valence-corrected chi connectivity index (χ3v) is 5.70. The molecule has 1 N–H and O–H groups in total. The average Bonchev–Trinajstić information content (AvgIpc) is 2.93. The van der Waals surface area contributed by atoms with E-state index >= 15 is 0 Å². The van der Waals surface area contributed by atoms with E-state index in [4.69, 9.17) is 9.47 Å². The zero-order valence-corrected chi connectivity index (χ0v) is 16.6. The van der Waals surface area contributed by atoms with Gasteiger partial charge in [0.1, 0.15) is 11.5 Å². The molecule has 1 aliphatic heterocycles. The molecule has 1 saturated carbocycles. The summed E-state index contributed by atoms with van der Waals surface area (Å²) in [5.41, 5.74) is 2.06. The fraction of sp³-hybridized carbons (Fsp3) is 0.391. The second-order valence-corrected chi connectivity index (χ2v) is 7.58. The molecule has 0 saturated heterocycles. The number of ether oxygens (including phenoxy) is 2. The minimum absolute atomic E-state index is 0.0349. The highest BCUT2D eigenvalue weighted by atomic mass is 16.5. The Balaban J connectivity index is 1.54. The van der Waals surface area contributed by atoms with E-state index in [1.807, 2.05) is 23.1 Å². The summed E-state index contributed by atoms with van der Waals surface area (Å²) in [6.07, 6.45) is 5.66. The number of methoxy groups -OCH3 is 1. The highest BCUT2D eigenvalue weighted by Gasteiger charge is 2.29. The van der Waals surface area contributed by atoms with Gasteiger partial charge in [0.25, 0.3) is 11.8 Å². The number of fused-ring (bicyclic) bond motifs is 1. The molecule has 2 aromatic rings. The van der Waals surface area contributed by atoms with Crippen molar-refractivity contribution in [1.29, 1.82) is 0 Å². The van der Waals surface area contributed by atoms with E-state index in [9.17, 15) is 9.59 Å². The molecule has 2 aliphatic rings. The summed E-state index contributed by atoms with van der Waals surface area (Å²) in [4.78, 5) is 27.3. The SMILES string of the molecule is COc1ccccc1C(=O)Nc1ccc2c(c1)CN(C1CCCCC1)C(=O)CO2. The number of carbonyl (C=O) groups excluding carboxylic acids is 2. The summed E-state index contributed by atoms with van der Waals surface area (Å²) < 4.78 is 11.0. The lowest BCUT2D eigenvalue weighted by Crippen LogP contribution is -2.42. The number of nitrogens with zero attached hydrogens (tertiary/aromatic N) is 1. The second kappa shape index (κ2) is 8.55. The number of amides is 2. The lowest BCUT2D eigenvalue weighted by atomic mass is 9.93. The van der Waals surface area contributed by atoms with Crippen molar-refractivity contribution in [3.8, 4) is 11.5 Å². The summed E-state index contributed by atoms with van der Waals surface area (Å²) in [7, 11) is 1.54. The molecule has 0 unspecified atom stereocenters. The first-order valence-corrected chi connectivity index (χ1v) is 10.2. The smallest absolute Gasteiger partial charge is 0.261 e. The standard InChI is InChI=1S/C23H26N2O4/c1-28-21-10-6-5-9-19(21)23(27)24-17-11-12-20-16(13-17)14-25(22(26)15-29-20)18-7-3-2-4-8-18/h5-6,9-13,18H,2-4,7-8,14-15H2,1H3,(H,24,27). The van der Waals surface area contributed by atoms with Crippen molar-refractivity contribution >= 4 is 17.5 Å². The summed E-state index contributed by atoms with van der Waals surface area (Å²) in [6.45, 7) is 0.577. The zero-order valence-electron chi connectivity index (χ0n) is 16.6. The van der Waals surface area contributed by atoms with E-state index in [0.29, 0.717) is 29.3 Å². The van der Waals surface area contributed by atoms with Crippen LogP contribution in [0.15, 0.2) is 42.5 Å². The maximum absolute atomic E-state index is 12.7. The Morgan fingerprint density at radius 3 is 2.72 bits per heavy atom. The molecule has 2 aromatic carbocycles. The van der Waals surface area contributed by atoms with Crippen LogP contribution in [0.4, 0.5) is 5.69 Å². The molecule has 0 atom stereocenters. The van der Waals surface area contributed by atoms with E-state index in [-0.39, 0.29) is 24.5 Å². The number of hydrogen-bond acceptors (Lipinski definition) is 4. The van der Waals surface area contributed by atoms with Crippen LogP contribution in [-0.4, -0.2) is 36.5 Å². The lowest BCUT2D eigenvalue weighted by Gasteiger charge is -2.33. The maximum atomic E-state index is 12.7. The van der Waals surface area contributed by atoms with E-state index in [1.165, 1.54) is 6.42 Å². The van der Waals surface area contributed by atoms with Crippen molar-refractivity contribution in [1.82, 2.24) is 4.90 Å². The predicted octanol–water partition coefficient (Wildman–Crippen LogP) is 4.00. The molecule has 0 spiro atoms. The Labute approximate surface area is 170 Å². The fourth-order valence-corrected chi connectivity index (χ4v) is 4.17. The summed E-state index contributed by atoms with van der Waals surface area (Å²) in [5.74, 6) is 1.02. The van der Waals surface area contributed by atoms with Crippen LogP contribution in [0.2, 0.25) is 0 Å². The molecule has 6 nitrogen and oxygen atoms in total. The van der Waals surface area contributed by atoms with Crippen LogP contribution < -0.4 is 14.8 Å². The minimum Gasteiger partial charge on any atom is -0.496 e. The molecule has 1 fully saturated rings. The quantitative estimate of drug-likeness (QED) is 0.851. The molecule has 4 rings (SSSR count). The largest absolute Gasteiger partial charge is 0.496 e. The zero-order chi connectivity index (χ0) is 20.2. The third-order valence-electron chi connectivity index (χ3n) is 5.70. The first kappa shape index (κ1) is 19.3. The van der Waals surface area contributed by atoms with Crippen LogP contribution >= 0.6 is 0 Å². The first-order chi connectivity index (χ1) is 14.2. The summed E-state index contributed by atoms with van der Waals surface area (Å²) in [5, 5.41) is 2.93. The van der Waals surface area contributed by atoms with Crippen molar-refractivity contribution in [3.63, 3.8) is 0 Å². The molecule has 6 heteroatoms. The van der Waals surface area contributed by atoms with E-state index in [1.54, 1.807) is 31.4 Å². The second-order valence-electron chi connectivity index (χ2n) is 7.58. The van der Waals surface area contributed by atoms with Crippen LogP contribution in [0.5, 0.6) is 11.5 Å². The molecule has 0 bridgehead atoms. The first-order valence-electron chi connectivity index (χ1n) is 10.2. The molecule has 0 radical (unpaired) electrons. The van der Waals surface area contributed by atoms with Gasteiger partial charge in [-0.3, -0.25) is 9.59 Å². The molecular formula is C23H26N2O4. The normalized spacial score (nSPS) is 17.1. The van der Waals surface area contributed by atoms with Gasteiger partial charge in [0.2, 0.25) is 0 Å². The van der Waals surface area contributed by atoms with Crippen LogP contribution in [0.1, 0.15) is 48.0 Å². The number of para-hydroxylation sites is 1. The Hall–Kier alpha value is -3.02. The minimum atomic E-state index is -0.239. The number of nitrogens with one attached hydrogen (secondary N) is 1. The average molecular weight is 394 g/mol. The van der Waals surface area contributed by atoms with Gasteiger partial charge in [-0.25, -0.2) is 0 Å². The molecule has 29 heavy (non-hydrogen) atoms. The van der Waals surface area contributed by atoms with E-state index in [0.717, 1.165) is 31.2 Å². The van der Waals surface area contributed by atoms with Crippen molar-refractivity contribution in [2.45, 2.75) is 44.7 Å². The predicted molar refractivity (Wildman–Crippen MR) is 110 cm³/mol. The van der Waals surface area contributed by atoms with Crippen LogP contribution in [0.25, 0.3) is 0 Å². The number of benzene rings is 2. The van der Waals surface area contributed by atoms with E-state index in [2.05, 4.69) is 5.32 Å². The van der Waals surface area contributed by atoms with Gasteiger partial charge < -0.3 is 19.7 Å². The lowest BCUT2D eigenvalue weighted by molar-refractivity contribution is -0.136. The van der Waals surface area contributed by atoms with Gasteiger partial charge in [0, 0.05) is 23.8 Å². The van der Waals surface area contributed by atoms with Gasteiger partial charge in [0.15, 0.2) is 6.61 Å². The van der Waals surface area contributed by atoms with Crippen molar-refractivity contribution in [2.75, 3.05) is 19.0 Å². The highest BCUT2D eigenvalue weighted by molar-refractivity contribution is 6.06. The topological polar surface area (TPSA) is 67.9 Å². The monoisotopic (exact) mass is 394 g/mol. The number of carbonyl (C=O) groups is 2. The van der Waals surface area contributed by atoms with Gasteiger partial charge in [-0.2, -0.15) is 0 Å². The van der Waals surface area contributed by atoms with Gasteiger partial charge >= 0.3 is 0 Å². The molecule has 2 amide bonds. The van der Waals surface area contributed by atoms with Crippen molar-refractivity contribution in [2.24, 2.45) is 0 Å².